The summed E-state index contributed by atoms with van der Waals surface area (Å²) in [6, 6.07) is 1.01. The fourth-order valence-electron chi connectivity index (χ4n) is 0.578. The molecule has 1 heterocycles. The lowest BCUT2D eigenvalue weighted by molar-refractivity contribution is -0.0524. The molecule has 0 aliphatic carbocycles. The van der Waals surface area contributed by atoms with E-state index in [2.05, 4.69) is 9.72 Å². The highest BCUT2D eigenvalue weighted by Gasteiger charge is 2.09. The van der Waals surface area contributed by atoms with Crippen molar-refractivity contribution in [2.45, 2.75) is 6.61 Å². The summed E-state index contributed by atoms with van der Waals surface area (Å²) < 4.78 is 40.1. The first-order valence-electron chi connectivity index (χ1n) is 2.85. The van der Waals surface area contributed by atoms with Gasteiger partial charge in [-0.2, -0.15) is 8.78 Å². The van der Waals surface area contributed by atoms with Gasteiger partial charge in [-0.1, -0.05) is 0 Å². The lowest BCUT2D eigenvalue weighted by Gasteiger charge is -2.03. The van der Waals surface area contributed by atoms with Gasteiger partial charge in [0.25, 0.3) is 0 Å². The van der Waals surface area contributed by atoms with Crippen LogP contribution in [0.2, 0.25) is 0 Å². The van der Waals surface area contributed by atoms with Crippen LogP contribution in [0.25, 0.3) is 0 Å². The summed E-state index contributed by atoms with van der Waals surface area (Å²) in [6.45, 7) is -3.03. The highest BCUT2D eigenvalue weighted by atomic mass is 127. The number of pyridine rings is 1. The Morgan fingerprint density at radius 2 is 2.17 bits per heavy atom. The summed E-state index contributed by atoms with van der Waals surface area (Å²) in [6.07, 6.45) is 0.920. The molecule has 0 unspecified atom stereocenters. The lowest BCUT2D eigenvalue weighted by atomic mass is 10.4. The Morgan fingerprint density at radius 1 is 1.50 bits per heavy atom. The van der Waals surface area contributed by atoms with Crippen LogP contribution in [-0.2, 0) is 0 Å². The van der Waals surface area contributed by atoms with Crippen LogP contribution >= 0.6 is 22.6 Å². The summed E-state index contributed by atoms with van der Waals surface area (Å²) in [7, 11) is 0. The number of hydrogen-bond acceptors (Lipinski definition) is 2. The molecule has 0 radical (unpaired) electrons. The van der Waals surface area contributed by atoms with Crippen molar-refractivity contribution in [3.63, 3.8) is 0 Å². The zero-order valence-corrected chi connectivity index (χ0v) is 7.76. The monoisotopic (exact) mass is 289 g/mol. The van der Waals surface area contributed by atoms with Gasteiger partial charge in [0.05, 0.1) is 6.20 Å². The van der Waals surface area contributed by atoms with E-state index in [4.69, 9.17) is 0 Å². The largest absolute Gasteiger partial charge is 0.430 e. The van der Waals surface area contributed by atoms with Gasteiger partial charge in [-0.15, -0.1) is 0 Å². The second-order valence-electron chi connectivity index (χ2n) is 1.82. The van der Waals surface area contributed by atoms with Gasteiger partial charge in [0.15, 0.2) is 11.6 Å². The number of aromatic nitrogens is 1. The predicted molar refractivity (Wildman–Crippen MR) is 43.5 cm³/mol. The third-order valence-corrected chi connectivity index (χ3v) is 1.59. The Kier molecular flexibility index (Phi) is 3.12. The molecule has 0 atom stereocenters. The Labute approximate surface area is 79.9 Å². The maximum absolute atomic E-state index is 12.7. The number of nitrogens with zero attached hydrogens (tertiary/aromatic N) is 1. The van der Waals surface area contributed by atoms with Crippen LogP contribution in [-0.4, -0.2) is 11.6 Å². The first-order chi connectivity index (χ1) is 5.59. The van der Waals surface area contributed by atoms with Crippen molar-refractivity contribution in [2.24, 2.45) is 0 Å². The van der Waals surface area contributed by atoms with Crippen molar-refractivity contribution in [3.8, 4) is 5.75 Å². The molecule has 0 amide bonds. The van der Waals surface area contributed by atoms with Crippen LogP contribution in [0.5, 0.6) is 5.75 Å². The van der Waals surface area contributed by atoms with Crippen LogP contribution in [0.15, 0.2) is 12.3 Å². The van der Waals surface area contributed by atoms with Crippen LogP contribution in [0, 0.1) is 9.52 Å². The van der Waals surface area contributed by atoms with Gasteiger partial charge in [-0.05, 0) is 22.6 Å². The average molecular weight is 289 g/mol. The Hall–Kier alpha value is -0.530. The summed E-state index contributed by atoms with van der Waals surface area (Å²) >= 11 is 1.76. The molecule has 0 saturated heterocycles. The molecular formula is C6H3F3INO. The van der Waals surface area contributed by atoms with Gasteiger partial charge in [0, 0.05) is 6.07 Å². The van der Waals surface area contributed by atoms with E-state index in [0.29, 0.717) is 3.70 Å². The minimum Gasteiger partial charge on any atom is -0.430 e. The highest BCUT2D eigenvalue weighted by Crippen LogP contribution is 2.18. The first-order valence-corrected chi connectivity index (χ1v) is 3.93. The number of halogens is 4. The molecule has 2 nitrogen and oxygen atoms in total. The number of ether oxygens (including phenoxy) is 1. The second-order valence-corrected chi connectivity index (χ2v) is 2.92. The number of hydrogen-bond donors (Lipinski definition) is 0. The Morgan fingerprint density at radius 3 is 2.67 bits per heavy atom. The van der Waals surface area contributed by atoms with Crippen molar-refractivity contribution < 1.29 is 17.9 Å². The molecule has 0 bridgehead atoms. The van der Waals surface area contributed by atoms with Crippen molar-refractivity contribution in [3.05, 3.63) is 21.8 Å². The molecule has 0 saturated carbocycles. The van der Waals surface area contributed by atoms with E-state index in [1.165, 1.54) is 0 Å². The van der Waals surface area contributed by atoms with Crippen molar-refractivity contribution in [1.29, 1.82) is 0 Å². The maximum atomic E-state index is 12.7. The SMILES string of the molecule is Fc1cc(I)ncc1OC(F)F. The molecule has 0 aliphatic heterocycles. The van der Waals surface area contributed by atoms with Crippen LogP contribution in [0.4, 0.5) is 13.2 Å². The lowest BCUT2D eigenvalue weighted by Crippen LogP contribution is -2.04. The number of alkyl halides is 2. The van der Waals surface area contributed by atoms with Crippen LogP contribution < -0.4 is 4.74 Å². The third-order valence-electron chi connectivity index (χ3n) is 1.00. The van der Waals surface area contributed by atoms with Crippen LogP contribution in [0.3, 0.4) is 0 Å². The minimum absolute atomic E-state index is 0.381. The summed E-state index contributed by atoms with van der Waals surface area (Å²) in [4.78, 5) is 3.58. The molecule has 0 spiro atoms. The molecule has 12 heavy (non-hydrogen) atoms. The third kappa shape index (κ3) is 2.50. The van der Waals surface area contributed by atoms with E-state index in [-0.39, 0.29) is 0 Å². The number of rotatable bonds is 2. The molecular weight excluding hydrogens is 286 g/mol. The van der Waals surface area contributed by atoms with Crippen molar-refractivity contribution in [1.82, 2.24) is 4.98 Å². The summed E-state index contributed by atoms with van der Waals surface area (Å²) in [5.74, 6) is -1.37. The van der Waals surface area contributed by atoms with E-state index in [9.17, 15) is 13.2 Å². The van der Waals surface area contributed by atoms with E-state index < -0.39 is 18.2 Å². The maximum Gasteiger partial charge on any atom is 0.387 e. The summed E-state index contributed by atoms with van der Waals surface area (Å²) in [5, 5.41) is 0. The van der Waals surface area contributed by atoms with Gasteiger partial charge in [0.1, 0.15) is 3.70 Å². The average Bonchev–Trinajstić information content (AvgIpc) is 1.94. The molecule has 1 rings (SSSR count). The van der Waals surface area contributed by atoms with Crippen molar-refractivity contribution in [2.75, 3.05) is 0 Å². The molecule has 1 aromatic rings. The standard InChI is InChI=1S/C6H3F3INO/c7-3-1-5(10)11-2-4(3)12-6(8)9/h1-2,6H. The van der Waals surface area contributed by atoms with Gasteiger partial charge in [-0.25, -0.2) is 9.37 Å². The minimum atomic E-state index is -3.03. The zero-order chi connectivity index (χ0) is 9.14. The van der Waals surface area contributed by atoms with E-state index in [0.717, 1.165) is 12.3 Å². The fourth-order valence-corrected chi connectivity index (χ4v) is 0.990. The van der Waals surface area contributed by atoms with Crippen molar-refractivity contribution >= 4 is 22.6 Å². The van der Waals surface area contributed by atoms with E-state index >= 15 is 0 Å². The van der Waals surface area contributed by atoms with Gasteiger partial charge in [-0.3, -0.25) is 0 Å². The molecule has 6 heteroatoms. The molecule has 1 aromatic heterocycles. The van der Waals surface area contributed by atoms with Crippen LogP contribution in [0.1, 0.15) is 0 Å². The molecule has 0 fully saturated rings. The molecule has 0 N–H and O–H groups in total. The molecule has 0 aliphatic rings. The first kappa shape index (κ1) is 9.56. The smallest absolute Gasteiger partial charge is 0.387 e. The highest BCUT2D eigenvalue weighted by molar-refractivity contribution is 14.1. The summed E-state index contributed by atoms with van der Waals surface area (Å²) in [5.41, 5.74) is 0. The second kappa shape index (κ2) is 3.92. The van der Waals surface area contributed by atoms with Gasteiger partial charge >= 0.3 is 6.61 Å². The molecule has 0 aromatic carbocycles. The molecule has 66 valence electrons. The predicted octanol–water partition coefficient (Wildman–Crippen LogP) is 2.43. The van der Waals surface area contributed by atoms with Gasteiger partial charge < -0.3 is 4.74 Å². The topological polar surface area (TPSA) is 22.1 Å². The zero-order valence-electron chi connectivity index (χ0n) is 5.60. The Balaban J connectivity index is 2.86. The quantitative estimate of drug-likeness (QED) is 0.616. The van der Waals surface area contributed by atoms with Gasteiger partial charge in [0.2, 0.25) is 0 Å². The Bertz CT molecular complexity index is 281. The van der Waals surface area contributed by atoms with E-state index in [1.807, 2.05) is 0 Å². The normalized spacial score (nSPS) is 10.4. The van der Waals surface area contributed by atoms with E-state index in [1.54, 1.807) is 22.6 Å². The fraction of sp³-hybridized carbons (Fsp3) is 0.167.